The van der Waals surface area contributed by atoms with Crippen molar-refractivity contribution in [3.05, 3.63) is 78.1 Å². The van der Waals surface area contributed by atoms with E-state index < -0.39 is 0 Å². The number of fused-ring (bicyclic) bond motifs is 1. The van der Waals surface area contributed by atoms with E-state index >= 15 is 0 Å². The molecule has 2 heterocycles. The molecule has 2 aromatic heterocycles. The standard InChI is InChI=1S/C21H21N5/c1-3-25(2)20-18-15-17(14-16-8-5-4-6-9-16)10-11-19(18)23-21(24-20)26-13-7-12-22-26/h4-13,15H,3,14H2,1-2H3. The normalized spacial score (nSPS) is 11.0. The van der Waals surface area contributed by atoms with Gasteiger partial charge in [-0.15, -0.1) is 0 Å². The van der Waals surface area contributed by atoms with E-state index in [0.29, 0.717) is 5.95 Å². The van der Waals surface area contributed by atoms with E-state index in [1.165, 1.54) is 11.1 Å². The maximum absolute atomic E-state index is 4.78. The first kappa shape index (κ1) is 16.3. The van der Waals surface area contributed by atoms with E-state index in [9.17, 15) is 0 Å². The third kappa shape index (κ3) is 3.16. The van der Waals surface area contributed by atoms with Crippen molar-refractivity contribution in [1.82, 2.24) is 19.7 Å². The van der Waals surface area contributed by atoms with Crippen molar-refractivity contribution in [3.8, 4) is 5.95 Å². The minimum atomic E-state index is 0.591. The fraction of sp³-hybridized carbons (Fsp3) is 0.190. The molecular weight excluding hydrogens is 322 g/mol. The Morgan fingerprint density at radius 3 is 2.54 bits per heavy atom. The van der Waals surface area contributed by atoms with E-state index in [1.807, 2.05) is 18.3 Å². The van der Waals surface area contributed by atoms with Crippen LogP contribution in [0, 0.1) is 0 Å². The van der Waals surface area contributed by atoms with Gasteiger partial charge in [-0.3, -0.25) is 0 Å². The molecule has 0 amide bonds. The van der Waals surface area contributed by atoms with E-state index in [4.69, 9.17) is 9.97 Å². The predicted molar refractivity (Wildman–Crippen MR) is 105 cm³/mol. The first-order chi connectivity index (χ1) is 12.7. The minimum Gasteiger partial charge on any atom is -0.359 e. The molecule has 0 unspecified atom stereocenters. The molecule has 0 radical (unpaired) electrons. The Hall–Kier alpha value is -3.21. The molecule has 0 bridgehead atoms. The Labute approximate surface area is 152 Å². The van der Waals surface area contributed by atoms with Crippen LogP contribution in [0.25, 0.3) is 16.9 Å². The Morgan fingerprint density at radius 1 is 0.962 bits per heavy atom. The van der Waals surface area contributed by atoms with Gasteiger partial charge in [0.1, 0.15) is 5.82 Å². The third-order valence-corrected chi connectivity index (χ3v) is 4.52. The average Bonchev–Trinajstić information content (AvgIpc) is 3.22. The average molecular weight is 343 g/mol. The lowest BCUT2D eigenvalue weighted by atomic mass is 10.0. The van der Waals surface area contributed by atoms with Crippen LogP contribution >= 0.6 is 0 Å². The third-order valence-electron chi connectivity index (χ3n) is 4.52. The van der Waals surface area contributed by atoms with Gasteiger partial charge in [-0.05, 0) is 42.7 Å². The summed E-state index contributed by atoms with van der Waals surface area (Å²) in [4.78, 5) is 11.6. The molecule has 26 heavy (non-hydrogen) atoms. The Bertz CT molecular complexity index is 1010. The lowest BCUT2D eigenvalue weighted by Gasteiger charge is -2.19. The van der Waals surface area contributed by atoms with Crippen LogP contribution in [0.2, 0.25) is 0 Å². The molecule has 0 atom stereocenters. The molecule has 2 aromatic carbocycles. The van der Waals surface area contributed by atoms with Gasteiger partial charge in [-0.25, -0.2) is 9.67 Å². The van der Waals surface area contributed by atoms with Crippen LogP contribution < -0.4 is 4.90 Å². The minimum absolute atomic E-state index is 0.591. The van der Waals surface area contributed by atoms with Crippen LogP contribution in [-0.2, 0) is 6.42 Å². The zero-order chi connectivity index (χ0) is 17.9. The molecule has 0 N–H and O–H groups in total. The van der Waals surface area contributed by atoms with Gasteiger partial charge in [-0.1, -0.05) is 36.4 Å². The molecule has 0 spiro atoms. The quantitative estimate of drug-likeness (QED) is 0.552. The van der Waals surface area contributed by atoms with Gasteiger partial charge in [0.15, 0.2) is 0 Å². The lowest BCUT2D eigenvalue weighted by Crippen LogP contribution is -2.19. The highest BCUT2D eigenvalue weighted by Gasteiger charge is 2.13. The summed E-state index contributed by atoms with van der Waals surface area (Å²) in [6, 6.07) is 18.8. The second-order valence-electron chi connectivity index (χ2n) is 6.33. The van der Waals surface area contributed by atoms with Gasteiger partial charge in [0, 0.05) is 31.4 Å². The maximum Gasteiger partial charge on any atom is 0.253 e. The van der Waals surface area contributed by atoms with E-state index in [2.05, 4.69) is 66.4 Å². The zero-order valence-electron chi connectivity index (χ0n) is 15.0. The van der Waals surface area contributed by atoms with Crippen LogP contribution in [0.3, 0.4) is 0 Å². The molecule has 5 heteroatoms. The summed E-state index contributed by atoms with van der Waals surface area (Å²) in [6.45, 7) is 2.99. The van der Waals surface area contributed by atoms with Crippen molar-refractivity contribution in [2.75, 3.05) is 18.5 Å². The van der Waals surface area contributed by atoms with Crippen LogP contribution in [0.4, 0.5) is 5.82 Å². The number of aromatic nitrogens is 4. The number of hydrogen-bond acceptors (Lipinski definition) is 4. The Morgan fingerprint density at radius 2 is 1.81 bits per heavy atom. The smallest absolute Gasteiger partial charge is 0.253 e. The molecule has 0 aliphatic heterocycles. The van der Waals surface area contributed by atoms with Gasteiger partial charge in [0.25, 0.3) is 5.95 Å². The Kier molecular flexibility index (Phi) is 4.35. The molecule has 0 saturated carbocycles. The monoisotopic (exact) mass is 343 g/mol. The number of nitrogens with zero attached hydrogens (tertiary/aromatic N) is 5. The van der Waals surface area contributed by atoms with Gasteiger partial charge in [-0.2, -0.15) is 10.1 Å². The fourth-order valence-electron chi connectivity index (χ4n) is 3.02. The lowest BCUT2D eigenvalue weighted by molar-refractivity contribution is 0.807. The first-order valence-electron chi connectivity index (χ1n) is 8.80. The van der Waals surface area contributed by atoms with Crippen molar-refractivity contribution in [2.45, 2.75) is 13.3 Å². The molecule has 4 aromatic rings. The van der Waals surface area contributed by atoms with Crippen molar-refractivity contribution < 1.29 is 0 Å². The van der Waals surface area contributed by atoms with E-state index in [-0.39, 0.29) is 0 Å². The second-order valence-corrected chi connectivity index (χ2v) is 6.33. The summed E-state index contributed by atoms with van der Waals surface area (Å²) in [7, 11) is 2.05. The second kappa shape index (κ2) is 6.96. The molecule has 4 rings (SSSR count). The summed E-state index contributed by atoms with van der Waals surface area (Å²) in [6.07, 6.45) is 4.49. The van der Waals surface area contributed by atoms with Crippen molar-refractivity contribution in [1.29, 1.82) is 0 Å². The number of benzene rings is 2. The SMILES string of the molecule is CCN(C)c1nc(-n2cccn2)nc2ccc(Cc3ccccc3)cc12. The number of anilines is 1. The summed E-state index contributed by atoms with van der Waals surface area (Å²) in [5.41, 5.74) is 3.48. The topological polar surface area (TPSA) is 46.8 Å². The van der Waals surface area contributed by atoms with Gasteiger partial charge in [0.2, 0.25) is 0 Å². The van der Waals surface area contributed by atoms with Crippen molar-refractivity contribution >= 4 is 16.7 Å². The molecule has 5 nitrogen and oxygen atoms in total. The maximum atomic E-state index is 4.78. The first-order valence-corrected chi connectivity index (χ1v) is 8.80. The van der Waals surface area contributed by atoms with E-state index in [1.54, 1.807) is 10.9 Å². The van der Waals surface area contributed by atoms with Gasteiger partial charge in [0.05, 0.1) is 5.52 Å². The molecule has 0 aliphatic carbocycles. The summed E-state index contributed by atoms with van der Waals surface area (Å²) in [5, 5.41) is 5.33. The summed E-state index contributed by atoms with van der Waals surface area (Å²) in [5.74, 6) is 1.52. The number of rotatable bonds is 5. The summed E-state index contributed by atoms with van der Waals surface area (Å²) >= 11 is 0. The predicted octanol–water partition coefficient (Wildman–Crippen LogP) is 3.86. The molecule has 0 aliphatic rings. The highest BCUT2D eigenvalue weighted by atomic mass is 15.3. The van der Waals surface area contributed by atoms with Crippen LogP contribution in [0.15, 0.2) is 67.0 Å². The summed E-state index contributed by atoms with van der Waals surface area (Å²) < 4.78 is 1.70. The zero-order valence-corrected chi connectivity index (χ0v) is 15.0. The van der Waals surface area contributed by atoms with Gasteiger partial charge < -0.3 is 4.90 Å². The number of hydrogen-bond donors (Lipinski definition) is 0. The molecular formula is C21H21N5. The highest BCUT2D eigenvalue weighted by Crippen LogP contribution is 2.26. The molecule has 130 valence electrons. The van der Waals surface area contributed by atoms with E-state index in [0.717, 1.165) is 29.7 Å². The highest BCUT2D eigenvalue weighted by molar-refractivity contribution is 5.90. The van der Waals surface area contributed by atoms with Crippen LogP contribution in [0.5, 0.6) is 0 Å². The fourth-order valence-corrected chi connectivity index (χ4v) is 3.02. The largest absolute Gasteiger partial charge is 0.359 e. The Balaban J connectivity index is 1.82. The molecule has 0 saturated heterocycles. The van der Waals surface area contributed by atoms with Crippen LogP contribution in [0.1, 0.15) is 18.1 Å². The van der Waals surface area contributed by atoms with Crippen LogP contribution in [-0.4, -0.2) is 33.3 Å². The van der Waals surface area contributed by atoms with Crippen molar-refractivity contribution in [2.24, 2.45) is 0 Å². The van der Waals surface area contributed by atoms with Crippen molar-refractivity contribution in [3.63, 3.8) is 0 Å². The van der Waals surface area contributed by atoms with Gasteiger partial charge >= 0.3 is 0 Å². The molecule has 0 fully saturated rings.